The highest BCUT2D eigenvalue weighted by atomic mass is 16.5. The number of phenols is 1. The van der Waals surface area contributed by atoms with E-state index < -0.39 is 76.2 Å². The van der Waals surface area contributed by atoms with Crippen LogP contribution in [0.15, 0.2) is 6.07 Å². The van der Waals surface area contributed by atoms with Crippen molar-refractivity contribution in [2.75, 3.05) is 39.7 Å². The minimum atomic E-state index is -2.80. The second-order valence-electron chi connectivity index (χ2n) is 13.4. The van der Waals surface area contributed by atoms with E-state index in [9.17, 15) is 39.0 Å². The molecule has 0 heterocycles. The van der Waals surface area contributed by atoms with Crippen molar-refractivity contribution in [1.82, 2.24) is 10.2 Å². The zero-order valence-electron chi connectivity index (χ0n) is 25.5. The van der Waals surface area contributed by atoms with E-state index in [0.29, 0.717) is 11.3 Å². The van der Waals surface area contributed by atoms with Crippen LogP contribution < -0.4 is 16.0 Å². The summed E-state index contributed by atoms with van der Waals surface area (Å²) in [4.78, 5) is 82.4. The molecule has 1 aromatic carbocycles. The Morgan fingerprint density at radius 2 is 1.74 bits per heavy atom. The summed E-state index contributed by atoms with van der Waals surface area (Å²) in [6.45, 7) is 5.67. The van der Waals surface area contributed by atoms with E-state index >= 15 is 0 Å². The Bertz CT molecular complexity index is 1410. The fourth-order valence-electron chi connectivity index (χ4n) is 6.74. The Balaban J connectivity index is 1.76. The Morgan fingerprint density at radius 3 is 2.28 bits per heavy atom. The maximum absolute atomic E-state index is 14.1. The van der Waals surface area contributed by atoms with E-state index in [0.717, 1.165) is 0 Å². The Kier molecular flexibility index (Phi) is 8.22. The van der Waals surface area contributed by atoms with Gasteiger partial charge in [0.15, 0.2) is 34.7 Å². The minimum Gasteiger partial charge on any atom is -0.507 e. The maximum atomic E-state index is 14.1. The summed E-state index contributed by atoms with van der Waals surface area (Å²) < 4.78 is 5.22. The predicted molar refractivity (Wildman–Crippen MR) is 153 cm³/mol. The van der Waals surface area contributed by atoms with Crippen LogP contribution in [0.3, 0.4) is 0 Å². The van der Waals surface area contributed by atoms with Crippen molar-refractivity contribution in [3.05, 3.63) is 22.8 Å². The first-order valence-corrected chi connectivity index (χ1v) is 14.1. The van der Waals surface area contributed by atoms with Gasteiger partial charge in [0.05, 0.1) is 24.1 Å². The number of nitrogens with zero attached hydrogens (tertiary/aromatic N) is 2. The fourth-order valence-corrected chi connectivity index (χ4v) is 6.74. The molecule has 0 aliphatic heterocycles. The molecule has 13 nitrogen and oxygen atoms in total. The van der Waals surface area contributed by atoms with Crippen LogP contribution in [0.2, 0.25) is 0 Å². The third-order valence-electron chi connectivity index (χ3n) is 8.66. The molecule has 43 heavy (non-hydrogen) atoms. The van der Waals surface area contributed by atoms with Gasteiger partial charge in [0.1, 0.15) is 5.75 Å². The van der Waals surface area contributed by atoms with E-state index in [1.54, 1.807) is 25.1 Å². The van der Waals surface area contributed by atoms with Crippen LogP contribution in [0, 0.1) is 29.1 Å². The van der Waals surface area contributed by atoms with Crippen LogP contribution in [0.25, 0.3) is 0 Å². The summed E-state index contributed by atoms with van der Waals surface area (Å²) in [7, 11) is 6.55. The lowest BCUT2D eigenvalue weighted by atomic mass is 9.52. The third-order valence-corrected chi connectivity index (χ3v) is 8.66. The average Bonchev–Trinajstić information content (AvgIpc) is 2.88. The number of phenolic OH excluding ortho intramolecular Hbond substituents is 1. The predicted octanol–water partition coefficient (Wildman–Crippen LogP) is 0.205. The van der Waals surface area contributed by atoms with Gasteiger partial charge < -0.3 is 30.9 Å². The molecule has 3 aliphatic carbocycles. The van der Waals surface area contributed by atoms with Gasteiger partial charge >= 0.3 is 6.09 Å². The largest absolute Gasteiger partial charge is 0.507 e. The van der Waals surface area contributed by atoms with Gasteiger partial charge in [0.25, 0.3) is 0 Å². The van der Waals surface area contributed by atoms with Crippen LogP contribution in [-0.2, 0) is 36.9 Å². The van der Waals surface area contributed by atoms with Crippen LogP contribution >= 0.6 is 0 Å². The van der Waals surface area contributed by atoms with Gasteiger partial charge in [-0.05, 0) is 49.9 Å². The molecule has 0 radical (unpaired) electrons. The minimum absolute atomic E-state index is 0.0412. The number of carbonyl (C=O) groups is 6. The maximum Gasteiger partial charge on any atom is 0.407 e. The Morgan fingerprint density at radius 1 is 1.12 bits per heavy atom. The summed E-state index contributed by atoms with van der Waals surface area (Å²) in [6, 6.07) is 0.468. The normalized spacial score (nSPS) is 28.6. The second-order valence-corrected chi connectivity index (χ2v) is 13.4. The molecule has 0 spiro atoms. The Hall–Kier alpha value is -3.84. The molecule has 1 aromatic rings. The number of fused-ring (bicyclic) bond motifs is 3. The first-order valence-electron chi connectivity index (χ1n) is 14.1. The molecule has 0 aromatic heterocycles. The molecule has 5 N–H and O–H groups in total. The van der Waals surface area contributed by atoms with Gasteiger partial charge in [0, 0.05) is 37.8 Å². The van der Waals surface area contributed by atoms with Gasteiger partial charge in [-0.25, -0.2) is 4.79 Å². The topological polar surface area (TPSA) is 197 Å². The number of nitrogens with one attached hydrogen (secondary N) is 1. The SMILES string of the molecule is CN(C)c1cc(CNC(=O)OCC(C)(C)C)c(O)c2c1C[C@@H]1C[C@@H]3[C@@H](N(C)C)C(=O)C(C(N)=O)C(=O)[C@]3(O)C(=O)C1C2=O. The summed E-state index contributed by atoms with van der Waals surface area (Å²) in [5.41, 5.74) is 3.40. The summed E-state index contributed by atoms with van der Waals surface area (Å²) in [5, 5.41) is 25.6. The van der Waals surface area contributed by atoms with Gasteiger partial charge in [0.2, 0.25) is 5.91 Å². The lowest BCUT2D eigenvalue weighted by molar-refractivity contribution is -0.181. The molecule has 13 heteroatoms. The molecule has 4 rings (SSSR count). The van der Waals surface area contributed by atoms with Gasteiger partial charge in [-0.15, -0.1) is 0 Å². The molecular formula is C30H40N4O9. The molecule has 0 saturated heterocycles. The molecule has 2 unspecified atom stereocenters. The molecule has 234 valence electrons. The van der Waals surface area contributed by atoms with Crippen LogP contribution in [0.4, 0.5) is 10.5 Å². The smallest absolute Gasteiger partial charge is 0.407 e. The number of rotatable bonds is 6. The van der Waals surface area contributed by atoms with Crippen molar-refractivity contribution in [3.8, 4) is 5.75 Å². The van der Waals surface area contributed by atoms with Crippen molar-refractivity contribution in [1.29, 1.82) is 0 Å². The molecule has 6 atom stereocenters. The molecule has 2 amide bonds. The highest BCUT2D eigenvalue weighted by Gasteiger charge is 2.69. The lowest BCUT2D eigenvalue weighted by Crippen LogP contribution is -2.74. The summed E-state index contributed by atoms with van der Waals surface area (Å²) in [6.07, 6.45) is -0.625. The molecule has 0 bridgehead atoms. The first-order chi connectivity index (χ1) is 19.8. The van der Waals surface area contributed by atoms with Gasteiger partial charge in [-0.1, -0.05) is 20.8 Å². The Labute approximate surface area is 249 Å². The van der Waals surface area contributed by atoms with Gasteiger partial charge in [-0.2, -0.15) is 0 Å². The third kappa shape index (κ3) is 5.29. The number of carbonyl (C=O) groups excluding carboxylic acids is 6. The molecule has 2 saturated carbocycles. The number of primary amides is 1. The van der Waals surface area contributed by atoms with Crippen molar-refractivity contribution < 1.29 is 43.7 Å². The number of Topliss-reactive ketones (excluding diaryl/α,β-unsaturated/α-hetero) is 4. The monoisotopic (exact) mass is 600 g/mol. The number of hydrogen-bond donors (Lipinski definition) is 4. The van der Waals surface area contributed by atoms with E-state index in [1.165, 1.54) is 19.0 Å². The number of alkyl carbamates (subject to hydrolysis) is 1. The van der Waals surface area contributed by atoms with Gasteiger partial charge in [-0.3, -0.25) is 28.9 Å². The average molecular weight is 601 g/mol. The van der Waals surface area contributed by atoms with E-state index in [4.69, 9.17) is 10.5 Å². The molecular weight excluding hydrogens is 560 g/mol. The highest BCUT2D eigenvalue weighted by Crippen LogP contribution is 2.52. The number of benzene rings is 1. The zero-order chi connectivity index (χ0) is 32.3. The number of likely N-dealkylation sites (N-methyl/N-ethyl adjacent to an activating group) is 1. The van der Waals surface area contributed by atoms with Crippen molar-refractivity contribution in [2.24, 2.45) is 34.8 Å². The van der Waals surface area contributed by atoms with Crippen LogP contribution in [0.5, 0.6) is 5.75 Å². The van der Waals surface area contributed by atoms with Crippen molar-refractivity contribution in [2.45, 2.75) is 51.8 Å². The number of ether oxygens (including phenoxy) is 1. The second kappa shape index (κ2) is 11.0. The van der Waals surface area contributed by atoms with E-state index in [2.05, 4.69) is 5.32 Å². The van der Waals surface area contributed by atoms with Crippen molar-refractivity contribution in [3.63, 3.8) is 0 Å². The fraction of sp³-hybridized carbons (Fsp3) is 0.600. The number of amides is 2. The first kappa shape index (κ1) is 32.1. The summed E-state index contributed by atoms with van der Waals surface area (Å²) >= 11 is 0. The molecule has 2 fully saturated rings. The lowest BCUT2D eigenvalue weighted by Gasteiger charge is -2.52. The van der Waals surface area contributed by atoms with Crippen molar-refractivity contribution >= 4 is 40.8 Å². The van der Waals surface area contributed by atoms with E-state index in [-0.39, 0.29) is 42.5 Å². The van der Waals surface area contributed by atoms with Crippen LogP contribution in [0.1, 0.15) is 48.7 Å². The standard InChI is InChI=1S/C30H40N4O9/c1-29(2,3)12-43-28(41)32-11-14-10-17(33(4)5)15-8-13-9-16-21(34(6)7)24(37)20(27(31)40)26(39)30(16,42)25(38)18(13)23(36)19(15)22(14)35/h10,13,16,18,20-21,35,42H,8-9,11-12H2,1-7H3,(H2,31,40)(H,32,41)/t13-,16-,18?,20?,21-,30-/m1/s1. The number of ketones is 4. The highest BCUT2D eigenvalue weighted by molar-refractivity contribution is 6.32. The number of aromatic hydroxyl groups is 1. The molecule has 3 aliphatic rings. The quantitative estimate of drug-likeness (QED) is 0.326. The number of hydrogen-bond acceptors (Lipinski definition) is 11. The number of nitrogens with two attached hydrogens (primary N) is 1. The van der Waals surface area contributed by atoms with Crippen LogP contribution in [-0.4, -0.2) is 96.7 Å². The summed E-state index contributed by atoms with van der Waals surface area (Å²) in [5.74, 6) is -11.2. The zero-order valence-corrected chi connectivity index (χ0v) is 25.5. The number of anilines is 1. The van der Waals surface area contributed by atoms with E-state index in [1.807, 2.05) is 20.8 Å². The number of aliphatic hydroxyl groups is 1.